The van der Waals surface area contributed by atoms with E-state index in [0.29, 0.717) is 30.9 Å². The molecule has 0 spiro atoms. The first-order chi connectivity index (χ1) is 12.6. The number of carbonyl (C=O) groups excluding carboxylic acids is 2. The quantitative estimate of drug-likeness (QED) is 0.876. The lowest BCUT2D eigenvalue weighted by molar-refractivity contribution is 0.0219. The van der Waals surface area contributed by atoms with E-state index in [1.165, 1.54) is 18.2 Å². The van der Waals surface area contributed by atoms with E-state index < -0.39 is 17.3 Å². The highest BCUT2D eigenvalue weighted by molar-refractivity contribution is 6.04. The van der Waals surface area contributed by atoms with Gasteiger partial charge in [-0.3, -0.25) is 9.48 Å². The Hall–Kier alpha value is -2.90. The molecule has 144 valence electrons. The maximum atomic E-state index is 13.3. The molecule has 0 bridgehead atoms. The van der Waals surface area contributed by atoms with Gasteiger partial charge in [0.1, 0.15) is 11.4 Å². The van der Waals surface area contributed by atoms with Crippen LogP contribution in [0.3, 0.4) is 0 Å². The van der Waals surface area contributed by atoms with Gasteiger partial charge in [-0.05, 0) is 45.4 Å². The lowest BCUT2D eigenvalue weighted by Gasteiger charge is -2.30. The second-order valence-electron chi connectivity index (χ2n) is 7.51. The summed E-state index contributed by atoms with van der Waals surface area (Å²) in [6.45, 7) is 6.21. The number of nitrogens with zero attached hydrogens (tertiary/aromatic N) is 3. The molecular weight excluding hydrogens is 351 g/mol. The molecule has 0 saturated carbocycles. The molecule has 1 aromatic carbocycles. The van der Waals surface area contributed by atoms with E-state index in [0.717, 1.165) is 11.3 Å². The average Bonchev–Trinajstić information content (AvgIpc) is 2.90. The van der Waals surface area contributed by atoms with Crippen molar-refractivity contribution in [3.05, 3.63) is 47.0 Å². The molecule has 0 radical (unpaired) electrons. The number of amides is 2. The van der Waals surface area contributed by atoms with E-state index in [1.807, 2.05) is 20.8 Å². The van der Waals surface area contributed by atoms with Crippen molar-refractivity contribution in [3.8, 4) is 0 Å². The molecule has 2 aromatic rings. The number of hydrogen-bond donors (Lipinski definition) is 1. The van der Waals surface area contributed by atoms with E-state index in [1.54, 1.807) is 22.7 Å². The molecule has 3 rings (SSSR count). The minimum atomic E-state index is -0.570. The lowest BCUT2D eigenvalue weighted by Crippen LogP contribution is -2.40. The topological polar surface area (TPSA) is 76.5 Å². The van der Waals surface area contributed by atoms with E-state index >= 15 is 0 Å². The van der Waals surface area contributed by atoms with Gasteiger partial charge in [-0.1, -0.05) is 6.07 Å². The van der Waals surface area contributed by atoms with Crippen LogP contribution in [0.1, 0.15) is 42.5 Å². The highest BCUT2D eigenvalue weighted by Crippen LogP contribution is 2.24. The Bertz CT molecular complexity index is 886. The van der Waals surface area contributed by atoms with E-state index in [9.17, 15) is 14.0 Å². The van der Waals surface area contributed by atoms with E-state index in [-0.39, 0.29) is 6.09 Å². The van der Waals surface area contributed by atoms with E-state index in [2.05, 4.69) is 10.4 Å². The normalized spacial score (nSPS) is 13.9. The molecule has 1 aliphatic rings. The van der Waals surface area contributed by atoms with Crippen LogP contribution in [0.4, 0.5) is 14.9 Å². The third kappa shape index (κ3) is 4.27. The minimum absolute atomic E-state index is 0.292. The van der Waals surface area contributed by atoms with Crippen molar-refractivity contribution in [1.82, 2.24) is 14.7 Å². The number of benzene rings is 1. The van der Waals surface area contributed by atoms with Crippen LogP contribution < -0.4 is 5.32 Å². The van der Waals surface area contributed by atoms with Crippen LogP contribution in [0, 0.1) is 5.82 Å². The largest absolute Gasteiger partial charge is 0.444 e. The molecule has 1 aliphatic heterocycles. The van der Waals surface area contributed by atoms with Crippen LogP contribution in [0.5, 0.6) is 0 Å². The summed E-state index contributed by atoms with van der Waals surface area (Å²) in [6.07, 6.45) is 0.106. The van der Waals surface area contributed by atoms with Crippen LogP contribution in [-0.4, -0.2) is 38.8 Å². The number of carbonyl (C=O) groups is 2. The van der Waals surface area contributed by atoms with Gasteiger partial charge < -0.3 is 15.0 Å². The van der Waals surface area contributed by atoms with E-state index in [4.69, 9.17) is 4.74 Å². The van der Waals surface area contributed by atoms with Crippen LogP contribution in [0.2, 0.25) is 0 Å². The predicted molar refractivity (Wildman–Crippen MR) is 97.9 cm³/mol. The monoisotopic (exact) mass is 374 g/mol. The smallest absolute Gasteiger partial charge is 0.410 e. The molecule has 0 unspecified atom stereocenters. The maximum absolute atomic E-state index is 13.3. The van der Waals surface area contributed by atoms with Gasteiger partial charge in [0.15, 0.2) is 5.69 Å². The Labute approximate surface area is 157 Å². The Kier molecular flexibility index (Phi) is 4.91. The number of nitrogens with one attached hydrogen (secondary N) is 1. The van der Waals surface area contributed by atoms with Crippen LogP contribution in [-0.2, 0) is 24.8 Å². The summed E-state index contributed by atoms with van der Waals surface area (Å²) in [6, 6.07) is 5.69. The number of rotatable bonds is 2. The standard InChI is InChI=1S/C19H23FN4O3/c1-19(2,3)27-18(26)24-9-8-14-15(11-24)23(4)22-16(14)17(25)21-13-7-5-6-12(20)10-13/h5-7,10H,8-9,11H2,1-4H3,(H,21,25). The van der Waals surface area contributed by atoms with Crippen molar-refractivity contribution in [2.75, 3.05) is 11.9 Å². The molecule has 1 N–H and O–H groups in total. The van der Waals surface area contributed by atoms with Gasteiger partial charge in [-0.2, -0.15) is 5.10 Å². The predicted octanol–water partition coefficient (Wildman–Crippen LogP) is 3.10. The average molecular weight is 374 g/mol. The van der Waals surface area contributed by atoms with Crippen molar-refractivity contribution in [2.45, 2.75) is 39.3 Å². The second kappa shape index (κ2) is 7.02. The number of hydrogen-bond acceptors (Lipinski definition) is 4. The Morgan fingerprint density at radius 2 is 2.04 bits per heavy atom. The first kappa shape index (κ1) is 18.9. The third-order valence-corrected chi connectivity index (χ3v) is 4.20. The van der Waals surface area contributed by atoms with Crippen molar-refractivity contribution >= 4 is 17.7 Å². The summed E-state index contributed by atoms with van der Waals surface area (Å²) in [5, 5.41) is 6.98. The zero-order valence-electron chi connectivity index (χ0n) is 15.9. The van der Waals surface area contributed by atoms with Crippen molar-refractivity contribution < 1.29 is 18.7 Å². The zero-order valence-corrected chi connectivity index (χ0v) is 15.9. The first-order valence-electron chi connectivity index (χ1n) is 8.73. The molecule has 27 heavy (non-hydrogen) atoms. The van der Waals surface area contributed by atoms with Crippen LogP contribution in [0.25, 0.3) is 0 Å². The second-order valence-corrected chi connectivity index (χ2v) is 7.51. The molecule has 8 heteroatoms. The number of halogens is 1. The fourth-order valence-electron chi connectivity index (χ4n) is 2.99. The molecule has 1 aromatic heterocycles. The molecule has 2 amide bonds. The summed E-state index contributed by atoms with van der Waals surface area (Å²) in [4.78, 5) is 26.5. The third-order valence-electron chi connectivity index (χ3n) is 4.20. The first-order valence-corrected chi connectivity index (χ1v) is 8.73. The Morgan fingerprint density at radius 3 is 2.70 bits per heavy atom. The van der Waals surface area contributed by atoms with Gasteiger partial charge in [-0.25, -0.2) is 9.18 Å². The SMILES string of the molecule is Cn1nc(C(=O)Nc2cccc(F)c2)c2c1CN(C(=O)OC(C)(C)C)CC2. The summed E-state index contributed by atoms with van der Waals surface area (Å²) in [5.74, 6) is -0.827. The van der Waals surface area contributed by atoms with Crippen molar-refractivity contribution in [3.63, 3.8) is 0 Å². The van der Waals surface area contributed by atoms with Crippen molar-refractivity contribution in [1.29, 1.82) is 0 Å². The maximum Gasteiger partial charge on any atom is 0.410 e. The summed E-state index contributed by atoms with van der Waals surface area (Å²) in [7, 11) is 1.73. The summed E-state index contributed by atoms with van der Waals surface area (Å²) < 4.78 is 20.3. The van der Waals surface area contributed by atoms with Gasteiger partial charge in [0.2, 0.25) is 0 Å². The number of anilines is 1. The number of aryl methyl sites for hydroxylation is 1. The van der Waals surface area contributed by atoms with Gasteiger partial charge in [0, 0.05) is 24.8 Å². The molecular formula is C19H23FN4O3. The number of ether oxygens (including phenoxy) is 1. The molecule has 2 heterocycles. The lowest BCUT2D eigenvalue weighted by atomic mass is 10.0. The molecule has 7 nitrogen and oxygen atoms in total. The summed E-state index contributed by atoms with van der Waals surface area (Å²) in [5.41, 5.74) is 1.67. The van der Waals surface area contributed by atoms with Crippen LogP contribution in [0.15, 0.2) is 24.3 Å². The van der Waals surface area contributed by atoms with Gasteiger partial charge in [0.05, 0.1) is 12.2 Å². The molecule has 0 fully saturated rings. The fourth-order valence-corrected chi connectivity index (χ4v) is 2.99. The summed E-state index contributed by atoms with van der Waals surface area (Å²) >= 11 is 0. The molecule has 0 aliphatic carbocycles. The Balaban J connectivity index is 1.77. The van der Waals surface area contributed by atoms with Crippen molar-refractivity contribution in [2.24, 2.45) is 7.05 Å². The number of fused-ring (bicyclic) bond motifs is 1. The van der Waals surface area contributed by atoms with Gasteiger partial charge >= 0.3 is 6.09 Å². The highest BCUT2D eigenvalue weighted by Gasteiger charge is 2.31. The van der Waals surface area contributed by atoms with Gasteiger partial charge in [0.25, 0.3) is 5.91 Å². The highest BCUT2D eigenvalue weighted by atomic mass is 19.1. The van der Waals surface area contributed by atoms with Crippen LogP contribution >= 0.6 is 0 Å². The molecule has 0 saturated heterocycles. The molecule has 0 atom stereocenters. The fraction of sp³-hybridized carbons (Fsp3) is 0.421. The zero-order chi connectivity index (χ0) is 19.8. The number of aromatic nitrogens is 2. The Morgan fingerprint density at radius 1 is 1.30 bits per heavy atom. The van der Waals surface area contributed by atoms with Gasteiger partial charge in [-0.15, -0.1) is 0 Å². The minimum Gasteiger partial charge on any atom is -0.444 e.